The number of pyridine rings is 1. The summed E-state index contributed by atoms with van der Waals surface area (Å²) in [5.41, 5.74) is 6.75. The molecule has 2 aromatic carbocycles. The Morgan fingerprint density at radius 3 is 2.56 bits per heavy atom. The molecule has 3 heteroatoms. The van der Waals surface area contributed by atoms with Gasteiger partial charge >= 0.3 is 0 Å². The number of rotatable bonds is 2. The predicted molar refractivity (Wildman–Crippen MR) is 76.7 cm³/mol. The van der Waals surface area contributed by atoms with E-state index in [-0.39, 0.29) is 0 Å². The minimum absolute atomic E-state index is 0.789. The molecule has 0 bridgehead atoms. The molecule has 0 spiro atoms. The highest BCUT2D eigenvalue weighted by molar-refractivity contribution is 7.99. The molecule has 0 radical (unpaired) electrons. The van der Waals surface area contributed by atoms with E-state index in [1.54, 1.807) is 11.8 Å². The van der Waals surface area contributed by atoms with Gasteiger partial charge in [0.2, 0.25) is 0 Å². The van der Waals surface area contributed by atoms with Crippen molar-refractivity contribution >= 4 is 28.2 Å². The summed E-state index contributed by atoms with van der Waals surface area (Å²) in [4.78, 5) is 5.49. The number of hydrogen-bond acceptors (Lipinski definition) is 3. The van der Waals surface area contributed by atoms with Crippen LogP contribution in [0.2, 0.25) is 0 Å². The van der Waals surface area contributed by atoms with Gasteiger partial charge in [0, 0.05) is 22.2 Å². The van der Waals surface area contributed by atoms with Crippen LogP contribution in [0.3, 0.4) is 0 Å². The highest BCUT2D eigenvalue weighted by Crippen LogP contribution is 2.34. The summed E-state index contributed by atoms with van der Waals surface area (Å²) < 4.78 is 0. The molecule has 0 aliphatic carbocycles. The van der Waals surface area contributed by atoms with Gasteiger partial charge in [-0.2, -0.15) is 0 Å². The van der Waals surface area contributed by atoms with Crippen LogP contribution in [0.1, 0.15) is 0 Å². The molecule has 1 heterocycles. The normalized spacial score (nSPS) is 10.7. The van der Waals surface area contributed by atoms with Crippen molar-refractivity contribution in [3.8, 4) is 0 Å². The Balaban J connectivity index is 2.08. The largest absolute Gasteiger partial charge is 0.398 e. The van der Waals surface area contributed by atoms with Gasteiger partial charge in [-0.25, -0.2) is 4.98 Å². The zero-order valence-corrected chi connectivity index (χ0v) is 10.5. The van der Waals surface area contributed by atoms with E-state index in [1.807, 2.05) is 48.7 Å². The molecule has 0 saturated heterocycles. The van der Waals surface area contributed by atoms with Gasteiger partial charge in [0.05, 0.1) is 0 Å². The van der Waals surface area contributed by atoms with Crippen LogP contribution in [-0.4, -0.2) is 4.98 Å². The summed E-state index contributed by atoms with van der Waals surface area (Å²) in [5, 5.41) is 3.35. The van der Waals surface area contributed by atoms with E-state index in [9.17, 15) is 0 Å². The first-order valence-corrected chi connectivity index (χ1v) is 6.52. The van der Waals surface area contributed by atoms with E-state index >= 15 is 0 Å². The molecule has 0 unspecified atom stereocenters. The van der Waals surface area contributed by atoms with Crippen molar-refractivity contribution in [3.63, 3.8) is 0 Å². The fraction of sp³-hybridized carbons (Fsp3) is 0. The number of benzene rings is 2. The molecule has 0 saturated carbocycles. The maximum Gasteiger partial charge on any atom is 0.109 e. The van der Waals surface area contributed by atoms with Crippen molar-refractivity contribution in [2.24, 2.45) is 0 Å². The Labute approximate surface area is 110 Å². The first-order chi connectivity index (χ1) is 8.84. The second-order valence-electron chi connectivity index (χ2n) is 3.98. The zero-order chi connectivity index (χ0) is 12.4. The van der Waals surface area contributed by atoms with E-state index in [4.69, 9.17) is 5.73 Å². The second-order valence-corrected chi connectivity index (χ2v) is 5.01. The number of nitrogens with zero attached hydrogens (tertiary/aromatic N) is 1. The van der Waals surface area contributed by atoms with Gasteiger partial charge in [0.15, 0.2) is 0 Å². The van der Waals surface area contributed by atoms with E-state index in [1.165, 1.54) is 5.39 Å². The topological polar surface area (TPSA) is 38.9 Å². The van der Waals surface area contributed by atoms with Crippen molar-refractivity contribution in [1.82, 2.24) is 4.98 Å². The molecule has 0 atom stereocenters. The number of hydrogen-bond donors (Lipinski definition) is 1. The van der Waals surface area contributed by atoms with Gasteiger partial charge in [-0.1, -0.05) is 48.2 Å². The highest BCUT2D eigenvalue weighted by Gasteiger charge is 2.05. The van der Waals surface area contributed by atoms with Crippen LogP contribution < -0.4 is 5.73 Å². The van der Waals surface area contributed by atoms with Crippen molar-refractivity contribution in [3.05, 3.63) is 60.8 Å². The average Bonchev–Trinajstić information content (AvgIpc) is 2.42. The minimum Gasteiger partial charge on any atom is -0.398 e. The van der Waals surface area contributed by atoms with Gasteiger partial charge in [0.25, 0.3) is 0 Å². The molecule has 3 aromatic rings. The molecule has 0 aliphatic heterocycles. The van der Waals surface area contributed by atoms with Gasteiger partial charge < -0.3 is 5.73 Å². The monoisotopic (exact) mass is 252 g/mol. The summed E-state index contributed by atoms with van der Waals surface area (Å²) >= 11 is 1.61. The molecule has 2 nitrogen and oxygen atoms in total. The average molecular weight is 252 g/mol. The molecule has 0 amide bonds. The molecule has 3 rings (SSSR count). The minimum atomic E-state index is 0.789. The third-order valence-electron chi connectivity index (χ3n) is 2.76. The third-order valence-corrected chi connectivity index (χ3v) is 3.87. The van der Waals surface area contributed by atoms with Crippen molar-refractivity contribution in [2.75, 3.05) is 5.73 Å². The van der Waals surface area contributed by atoms with Crippen LogP contribution in [-0.2, 0) is 0 Å². The highest BCUT2D eigenvalue weighted by atomic mass is 32.2. The lowest BCUT2D eigenvalue weighted by atomic mass is 10.2. The summed E-state index contributed by atoms with van der Waals surface area (Å²) in [6, 6.07) is 18.1. The van der Waals surface area contributed by atoms with Gasteiger partial charge in [-0.3, -0.25) is 0 Å². The molecule has 0 aliphatic rings. The Bertz CT molecular complexity index is 689. The predicted octanol–water partition coefficient (Wildman–Crippen LogP) is 3.97. The standard InChI is InChI=1S/C15H12N2S/c16-13-7-3-4-8-14(13)18-15-12-6-2-1-5-11(12)9-10-17-15/h1-10H,16H2. The second kappa shape index (κ2) is 4.70. The summed E-state index contributed by atoms with van der Waals surface area (Å²) in [5.74, 6) is 0. The lowest BCUT2D eigenvalue weighted by Gasteiger charge is -2.06. The number of nitrogens with two attached hydrogens (primary N) is 1. The summed E-state index contributed by atoms with van der Waals surface area (Å²) in [7, 11) is 0. The van der Waals surface area contributed by atoms with E-state index in [2.05, 4.69) is 17.1 Å². The van der Waals surface area contributed by atoms with Gasteiger partial charge in [0.1, 0.15) is 5.03 Å². The molecular weight excluding hydrogens is 240 g/mol. The molecule has 18 heavy (non-hydrogen) atoms. The fourth-order valence-electron chi connectivity index (χ4n) is 1.85. The van der Waals surface area contributed by atoms with E-state index < -0.39 is 0 Å². The van der Waals surface area contributed by atoms with E-state index in [0.717, 1.165) is 21.0 Å². The van der Waals surface area contributed by atoms with Crippen LogP contribution in [0.4, 0.5) is 5.69 Å². The van der Waals surface area contributed by atoms with Crippen LogP contribution >= 0.6 is 11.8 Å². The lowest BCUT2D eigenvalue weighted by molar-refractivity contribution is 1.17. The van der Waals surface area contributed by atoms with Crippen LogP contribution in [0.25, 0.3) is 10.8 Å². The number of fused-ring (bicyclic) bond motifs is 1. The Morgan fingerprint density at radius 2 is 1.67 bits per heavy atom. The SMILES string of the molecule is Nc1ccccc1Sc1nccc2ccccc12. The Morgan fingerprint density at radius 1 is 0.889 bits per heavy atom. The van der Waals surface area contributed by atoms with Crippen LogP contribution in [0, 0.1) is 0 Å². The molecule has 0 fully saturated rings. The van der Waals surface area contributed by atoms with Crippen LogP contribution in [0.15, 0.2) is 70.7 Å². The first-order valence-electron chi connectivity index (χ1n) is 5.71. The number of anilines is 1. The summed E-state index contributed by atoms with van der Waals surface area (Å²) in [6.45, 7) is 0. The molecule has 88 valence electrons. The third kappa shape index (κ3) is 2.05. The Hall–Kier alpha value is -2.00. The number of nitrogen functional groups attached to an aromatic ring is 1. The van der Waals surface area contributed by atoms with Gasteiger partial charge in [-0.05, 0) is 23.6 Å². The Kier molecular flexibility index (Phi) is 2.90. The lowest BCUT2D eigenvalue weighted by Crippen LogP contribution is -1.88. The van der Waals surface area contributed by atoms with Crippen molar-refractivity contribution in [2.45, 2.75) is 9.92 Å². The maximum absolute atomic E-state index is 5.96. The number of aromatic nitrogens is 1. The van der Waals surface area contributed by atoms with Crippen molar-refractivity contribution in [1.29, 1.82) is 0 Å². The first kappa shape index (κ1) is 11.1. The van der Waals surface area contributed by atoms with Crippen LogP contribution in [0.5, 0.6) is 0 Å². The summed E-state index contributed by atoms with van der Waals surface area (Å²) in [6.07, 6.45) is 1.84. The zero-order valence-electron chi connectivity index (χ0n) is 9.71. The molecule has 1 aromatic heterocycles. The molecule has 2 N–H and O–H groups in total. The number of para-hydroxylation sites is 1. The van der Waals surface area contributed by atoms with E-state index in [0.29, 0.717) is 0 Å². The maximum atomic E-state index is 5.96. The van der Waals surface area contributed by atoms with Gasteiger partial charge in [-0.15, -0.1) is 0 Å². The fourth-order valence-corrected chi connectivity index (χ4v) is 2.80. The smallest absolute Gasteiger partial charge is 0.109 e. The quantitative estimate of drug-likeness (QED) is 0.701. The molecular formula is C15H12N2S. The van der Waals surface area contributed by atoms with Crippen molar-refractivity contribution < 1.29 is 0 Å².